The number of amides is 3. The Morgan fingerprint density at radius 3 is 2.20 bits per heavy atom. The van der Waals surface area contributed by atoms with Crippen molar-refractivity contribution in [3.63, 3.8) is 0 Å². The third-order valence-electron chi connectivity index (χ3n) is 4.00. The predicted octanol–water partition coefficient (Wildman–Crippen LogP) is 2.95. The number of nitrogens with one attached hydrogen (secondary N) is 3. The van der Waals surface area contributed by atoms with E-state index in [0.29, 0.717) is 23.4 Å². The van der Waals surface area contributed by atoms with Crippen molar-refractivity contribution in [3.8, 4) is 6.07 Å². The molecule has 0 saturated carbocycles. The normalized spacial score (nSPS) is 11.2. The Bertz CT molecular complexity index is 931. The second-order valence-electron chi connectivity index (χ2n) is 6.90. The maximum atomic E-state index is 12.3. The Balaban J connectivity index is 1.86. The molecule has 0 aromatic heterocycles. The second kappa shape index (κ2) is 10.6. The molecule has 156 valence electrons. The Kier molecular flexibility index (Phi) is 7.94. The van der Waals surface area contributed by atoms with Crippen molar-refractivity contribution in [2.45, 2.75) is 39.5 Å². The largest absolute Gasteiger partial charge is 0.449 e. The van der Waals surface area contributed by atoms with Crippen molar-refractivity contribution in [2.24, 2.45) is 0 Å². The van der Waals surface area contributed by atoms with Gasteiger partial charge in [0.2, 0.25) is 0 Å². The van der Waals surface area contributed by atoms with E-state index in [9.17, 15) is 14.4 Å². The minimum atomic E-state index is -1.01. The van der Waals surface area contributed by atoms with Crippen LogP contribution >= 0.6 is 0 Å². The Labute approximate surface area is 175 Å². The molecule has 0 fully saturated rings. The Morgan fingerprint density at radius 2 is 1.63 bits per heavy atom. The molecule has 0 saturated heterocycles. The summed E-state index contributed by atoms with van der Waals surface area (Å²) in [7, 11) is 0. The van der Waals surface area contributed by atoms with Crippen molar-refractivity contribution in [1.82, 2.24) is 10.6 Å². The average molecular weight is 408 g/mol. The monoisotopic (exact) mass is 408 g/mol. The quantitative estimate of drug-likeness (QED) is 0.608. The van der Waals surface area contributed by atoms with Crippen LogP contribution in [0.4, 0.5) is 10.5 Å². The molecule has 3 N–H and O–H groups in total. The van der Waals surface area contributed by atoms with Crippen molar-refractivity contribution < 1.29 is 19.1 Å². The highest BCUT2D eigenvalue weighted by atomic mass is 16.5. The SMILES string of the molecule is CC(C)NC(=O)NCc1ccc(C(=O)O[C@@H](C)C(=O)Nc2ccc(C#N)cc2)cc1. The van der Waals surface area contributed by atoms with Crippen molar-refractivity contribution in [2.75, 3.05) is 5.32 Å². The lowest BCUT2D eigenvalue weighted by Crippen LogP contribution is -2.39. The summed E-state index contributed by atoms with van der Waals surface area (Å²) in [5, 5.41) is 16.9. The molecule has 0 aliphatic rings. The van der Waals surface area contributed by atoms with Gasteiger partial charge in [-0.3, -0.25) is 4.79 Å². The number of benzene rings is 2. The van der Waals surface area contributed by atoms with Crippen LogP contribution in [0.1, 0.15) is 42.3 Å². The topological polar surface area (TPSA) is 120 Å². The molecule has 0 aliphatic carbocycles. The Morgan fingerprint density at radius 1 is 1.00 bits per heavy atom. The van der Waals surface area contributed by atoms with Crippen molar-refractivity contribution in [1.29, 1.82) is 5.26 Å². The number of nitriles is 1. The van der Waals surface area contributed by atoms with Crippen molar-refractivity contribution in [3.05, 3.63) is 65.2 Å². The first-order chi connectivity index (χ1) is 14.3. The lowest BCUT2D eigenvalue weighted by molar-refractivity contribution is -0.123. The fourth-order valence-corrected chi connectivity index (χ4v) is 2.41. The van der Waals surface area contributed by atoms with E-state index in [0.717, 1.165) is 5.56 Å². The highest BCUT2D eigenvalue weighted by Crippen LogP contribution is 2.11. The number of hydrogen-bond donors (Lipinski definition) is 3. The Hall–Kier alpha value is -3.86. The van der Waals surface area contributed by atoms with E-state index in [-0.39, 0.29) is 12.1 Å². The minimum Gasteiger partial charge on any atom is -0.449 e. The molecule has 0 spiro atoms. The molecule has 2 aromatic carbocycles. The molecule has 2 rings (SSSR count). The molecule has 30 heavy (non-hydrogen) atoms. The highest BCUT2D eigenvalue weighted by Gasteiger charge is 2.19. The number of hydrogen-bond acceptors (Lipinski definition) is 5. The molecule has 0 radical (unpaired) electrons. The third kappa shape index (κ3) is 6.95. The van der Waals surface area contributed by atoms with Crippen LogP contribution in [0.25, 0.3) is 0 Å². The lowest BCUT2D eigenvalue weighted by atomic mass is 10.1. The maximum absolute atomic E-state index is 12.3. The standard InChI is InChI=1S/C22H24N4O4/c1-14(2)25-22(29)24-13-17-4-8-18(9-5-17)21(28)30-15(3)20(27)26-19-10-6-16(12-23)7-11-19/h4-11,14-15H,13H2,1-3H3,(H,26,27)(H2,24,25,29)/t15-/m0/s1. The van der Waals surface area contributed by atoms with Crippen LogP contribution < -0.4 is 16.0 Å². The van der Waals surface area contributed by atoms with Crippen molar-refractivity contribution >= 4 is 23.6 Å². The van der Waals surface area contributed by atoms with Gasteiger partial charge in [0.05, 0.1) is 17.2 Å². The van der Waals surface area contributed by atoms with Crippen LogP contribution in [0.15, 0.2) is 48.5 Å². The van der Waals surface area contributed by atoms with E-state index in [4.69, 9.17) is 10.00 Å². The van der Waals surface area contributed by atoms with Crippen LogP contribution in [0, 0.1) is 11.3 Å². The van der Waals surface area contributed by atoms with E-state index >= 15 is 0 Å². The minimum absolute atomic E-state index is 0.0400. The van der Waals surface area contributed by atoms with Gasteiger partial charge in [0.1, 0.15) is 0 Å². The molecule has 0 aliphatic heterocycles. The van der Waals surface area contributed by atoms with Crippen LogP contribution in [0.2, 0.25) is 0 Å². The number of urea groups is 1. The second-order valence-corrected chi connectivity index (χ2v) is 6.90. The molecular weight excluding hydrogens is 384 g/mol. The summed E-state index contributed by atoms with van der Waals surface area (Å²) in [6, 6.07) is 14.7. The van der Waals surface area contributed by atoms with Gasteiger partial charge in [-0.15, -0.1) is 0 Å². The fraction of sp³-hybridized carbons (Fsp3) is 0.273. The molecule has 1 atom stereocenters. The van der Waals surface area contributed by atoms with Gasteiger partial charge in [-0.1, -0.05) is 12.1 Å². The van der Waals surface area contributed by atoms with E-state index in [2.05, 4.69) is 16.0 Å². The van der Waals surface area contributed by atoms with Gasteiger partial charge >= 0.3 is 12.0 Å². The predicted molar refractivity (Wildman–Crippen MR) is 112 cm³/mol. The van der Waals surface area contributed by atoms with Crippen LogP contribution in [0.3, 0.4) is 0 Å². The molecule has 3 amide bonds. The number of esters is 1. The summed E-state index contributed by atoms with van der Waals surface area (Å²) in [6.45, 7) is 5.52. The highest BCUT2D eigenvalue weighted by molar-refractivity contribution is 5.97. The number of anilines is 1. The summed E-state index contributed by atoms with van der Waals surface area (Å²) >= 11 is 0. The lowest BCUT2D eigenvalue weighted by Gasteiger charge is -2.14. The molecule has 0 bridgehead atoms. The zero-order chi connectivity index (χ0) is 22.1. The van der Waals surface area contributed by atoms with Gasteiger partial charge in [-0.2, -0.15) is 5.26 Å². The van der Waals surface area contributed by atoms with Gasteiger partial charge in [-0.25, -0.2) is 9.59 Å². The summed E-state index contributed by atoms with van der Waals surface area (Å²) in [5.41, 5.74) is 2.09. The summed E-state index contributed by atoms with van der Waals surface area (Å²) < 4.78 is 5.21. The zero-order valence-electron chi connectivity index (χ0n) is 17.1. The van der Waals surface area contributed by atoms with E-state index in [1.54, 1.807) is 48.5 Å². The smallest absolute Gasteiger partial charge is 0.338 e. The van der Waals surface area contributed by atoms with Gasteiger partial charge in [0, 0.05) is 18.3 Å². The first-order valence-electron chi connectivity index (χ1n) is 9.44. The zero-order valence-corrected chi connectivity index (χ0v) is 17.1. The number of carbonyl (C=O) groups is 3. The van der Waals surface area contributed by atoms with Gasteiger partial charge in [0.15, 0.2) is 6.10 Å². The van der Waals surface area contributed by atoms with E-state index in [1.165, 1.54) is 6.92 Å². The molecule has 8 heteroatoms. The van der Waals surface area contributed by atoms with E-state index in [1.807, 2.05) is 19.9 Å². The summed E-state index contributed by atoms with van der Waals surface area (Å²) in [4.78, 5) is 36.1. The number of ether oxygens (including phenoxy) is 1. The van der Waals surface area contributed by atoms with Gasteiger partial charge in [0.25, 0.3) is 5.91 Å². The molecular formula is C22H24N4O4. The van der Waals surface area contributed by atoms with Gasteiger partial charge < -0.3 is 20.7 Å². The summed E-state index contributed by atoms with van der Waals surface area (Å²) in [6.07, 6.45) is -1.01. The molecule has 0 heterocycles. The average Bonchev–Trinajstić information content (AvgIpc) is 2.72. The third-order valence-corrected chi connectivity index (χ3v) is 4.00. The molecule has 8 nitrogen and oxygen atoms in total. The first kappa shape index (κ1) is 22.4. The van der Waals surface area contributed by atoms with Crippen LogP contribution in [-0.4, -0.2) is 30.1 Å². The number of nitrogens with zero attached hydrogens (tertiary/aromatic N) is 1. The van der Waals surface area contributed by atoms with E-state index < -0.39 is 18.0 Å². The molecule has 2 aromatic rings. The van der Waals surface area contributed by atoms with Gasteiger partial charge in [-0.05, 0) is 62.7 Å². The van der Waals surface area contributed by atoms with Crippen LogP contribution in [0.5, 0.6) is 0 Å². The fourth-order valence-electron chi connectivity index (χ4n) is 2.41. The number of carbonyl (C=O) groups excluding carboxylic acids is 3. The maximum Gasteiger partial charge on any atom is 0.338 e. The number of rotatable bonds is 7. The first-order valence-corrected chi connectivity index (χ1v) is 9.44. The molecule has 0 unspecified atom stereocenters. The summed E-state index contributed by atoms with van der Waals surface area (Å²) in [5.74, 6) is -1.11. The van der Waals surface area contributed by atoms with Crippen LogP contribution in [-0.2, 0) is 16.1 Å².